The van der Waals surface area contributed by atoms with Crippen LogP contribution in [0.25, 0.3) is 11.5 Å². The molecule has 7 heteroatoms. The molecule has 0 aromatic carbocycles. The van der Waals surface area contributed by atoms with Gasteiger partial charge in [-0.2, -0.15) is 0 Å². The summed E-state index contributed by atoms with van der Waals surface area (Å²) in [7, 11) is 0. The Labute approximate surface area is 89.1 Å². The minimum Gasteiger partial charge on any atom is -0.343 e. The fourth-order valence-corrected chi connectivity index (χ4v) is 1.35. The van der Waals surface area contributed by atoms with Crippen LogP contribution in [0.15, 0.2) is 24.7 Å². The number of aromatic nitrogens is 3. The van der Waals surface area contributed by atoms with Crippen LogP contribution in [0.1, 0.15) is 0 Å². The molecule has 2 aromatic rings. The standard InChI is InChI=1S/C8H5ClN4O2/c9-6-3-5(13(14)15)4-12-7(6)8-10-1-2-11-8/h1-4H,(H,10,11). The van der Waals surface area contributed by atoms with Crippen molar-refractivity contribution < 1.29 is 4.92 Å². The number of nitrogens with one attached hydrogen (secondary N) is 1. The number of H-pyrrole nitrogens is 1. The van der Waals surface area contributed by atoms with E-state index in [0.29, 0.717) is 11.5 Å². The Kier molecular flexibility index (Phi) is 2.34. The number of nitrogens with zero attached hydrogens (tertiary/aromatic N) is 3. The highest BCUT2D eigenvalue weighted by Crippen LogP contribution is 2.25. The number of hydrogen-bond donors (Lipinski definition) is 1. The molecule has 2 rings (SSSR count). The minimum atomic E-state index is -0.551. The van der Waals surface area contributed by atoms with Gasteiger partial charge in [0.05, 0.1) is 9.95 Å². The van der Waals surface area contributed by atoms with Crippen LogP contribution < -0.4 is 0 Å². The van der Waals surface area contributed by atoms with Crippen LogP contribution in [0.5, 0.6) is 0 Å². The SMILES string of the molecule is O=[N+]([O-])c1cnc(-c2ncc[nH]2)c(Cl)c1. The van der Waals surface area contributed by atoms with E-state index in [4.69, 9.17) is 11.6 Å². The Morgan fingerprint density at radius 1 is 1.47 bits per heavy atom. The monoisotopic (exact) mass is 224 g/mol. The molecule has 0 aliphatic heterocycles. The second kappa shape index (κ2) is 3.66. The lowest BCUT2D eigenvalue weighted by Gasteiger charge is -1.98. The first kappa shape index (κ1) is 9.60. The zero-order chi connectivity index (χ0) is 10.8. The lowest BCUT2D eigenvalue weighted by Crippen LogP contribution is -1.92. The predicted octanol–water partition coefficient (Wildman–Crippen LogP) is 2.03. The molecule has 2 heterocycles. The summed E-state index contributed by atoms with van der Waals surface area (Å²) in [4.78, 5) is 20.5. The normalized spacial score (nSPS) is 10.2. The van der Waals surface area contributed by atoms with Gasteiger partial charge >= 0.3 is 0 Å². The van der Waals surface area contributed by atoms with E-state index in [-0.39, 0.29) is 10.7 Å². The van der Waals surface area contributed by atoms with Crippen molar-refractivity contribution >= 4 is 17.3 Å². The largest absolute Gasteiger partial charge is 0.343 e. The summed E-state index contributed by atoms with van der Waals surface area (Å²) in [5.74, 6) is 0.481. The molecule has 0 spiro atoms. The molecule has 6 nitrogen and oxygen atoms in total. The van der Waals surface area contributed by atoms with E-state index in [1.165, 1.54) is 6.07 Å². The van der Waals surface area contributed by atoms with Crippen LogP contribution >= 0.6 is 11.6 Å². The highest BCUT2D eigenvalue weighted by molar-refractivity contribution is 6.33. The van der Waals surface area contributed by atoms with E-state index in [1.807, 2.05) is 0 Å². The highest BCUT2D eigenvalue weighted by atomic mass is 35.5. The van der Waals surface area contributed by atoms with Gasteiger partial charge in [-0.15, -0.1) is 0 Å². The molecule has 0 amide bonds. The molecule has 2 aromatic heterocycles. The molecule has 15 heavy (non-hydrogen) atoms. The van der Waals surface area contributed by atoms with E-state index in [9.17, 15) is 10.1 Å². The maximum atomic E-state index is 10.4. The molecule has 0 unspecified atom stereocenters. The molecule has 76 valence electrons. The van der Waals surface area contributed by atoms with Crippen molar-refractivity contribution in [1.82, 2.24) is 15.0 Å². The maximum Gasteiger partial charge on any atom is 0.289 e. The van der Waals surface area contributed by atoms with Crippen LogP contribution in [0.3, 0.4) is 0 Å². The Hall–Kier alpha value is -1.95. The van der Waals surface area contributed by atoms with E-state index in [1.54, 1.807) is 12.4 Å². The molecular weight excluding hydrogens is 220 g/mol. The molecule has 0 radical (unpaired) electrons. The lowest BCUT2D eigenvalue weighted by atomic mass is 10.3. The van der Waals surface area contributed by atoms with E-state index in [2.05, 4.69) is 15.0 Å². The van der Waals surface area contributed by atoms with Gasteiger partial charge in [-0.1, -0.05) is 11.6 Å². The van der Waals surface area contributed by atoms with Crippen LogP contribution in [-0.4, -0.2) is 19.9 Å². The summed E-state index contributed by atoms with van der Waals surface area (Å²) in [6, 6.07) is 1.24. The predicted molar refractivity (Wildman–Crippen MR) is 53.5 cm³/mol. The van der Waals surface area contributed by atoms with Crippen molar-refractivity contribution in [3.63, 3.8) is 0 Å². The topological polar surface area (TPSA) is 84.7 Å². The molecule has 1 N–H and O–H groups in total. The van der Waals surface area contributed by atoms with Crippen LogP contribution in [0.2, 0.25) is 5.02 Å². The summed E-state index contributed by atoms with van der Waals surface area (Å²) >= 11 is 5.84. The van der Waals surface area contributed by atoms with Gasteiger partial charge in [0.1, 0.15) is 11.9 Å². The molecule has 0 aliphatic rings. The number of rotatable bonds is 2. The van der Waals surface area contributed by atoms with Gasteiger partial charge in [0.25, 0.3) is 5.69 Å². The summed E-state index contributed by atoms with van der Waals surface area (Å²) in [5.41, 5.74) is 0.252. The first-order valence-corrected chi connectivity index (χ1v) is 4.36. The van der Waals surface area contributed by atoms with Crippen LogP contribution in [0, 0.1) is 10.1 Å². The number of hydrogen-bond acceptors (Lipinski definition) is 4. The molecule has 0 aliphatic carbocycles. The first-order valence-electron chi connectivity index (χ1n) is 3.98. The van der Waals surface area contributed by atoms with Crippen LogP contribution in [-0.2, 0) is 0 Å². The summed E-state index contributed by atoms with van der Waals surface area (Å²) < 4.78 is 0. The van der Waals surface area contributed by atoms with Gasteiger partial charge in [0.15, 0.2) is 5.82 Å². The Morgan fingerprint density at radius 3 is 2.80 bits per heavy atom. The highest BCUT2D eigenvalue weighted by Gasteiger charge is 2.13. The maximum absolute atomic E-state index is 10.4. The number of nitro groups is 1. The summed E-state index contributed by atoms with van der Waals surface area (Å²) in [6.07, 6.45) is 4.31. The second-order valence-corrected chi connectivity index (χ2v) is 3.13. The summed E-state index contributed by atoms with van der Waals surface area (Å²) in [6.45, 7) is 0. The van der Waals surface area contributed by atoms with Gasteiger partial charge in [-0.05, 0) is 0 Å². The Bertz CT molecular complexity index is 497. The van der Waals surface area contributed by atoms with Gasteiger partial charge < -0.3 is 4.98 Å². The van der Waals surface area contributed by atoms with Gasteiger partial charge in [-0.3, -0.25) is 10.1 Å². The Balaban J connectivity index is 2.48. The second-order valence-electron chi connectivity index (χ2n) is 2.72. The Morgan fingerprint density at radius 2 is 2.27 bits per heavy atom. The quantitative estimate of drug-likeness (QED) is 0.625. The van der Waals surface area contributed by atoms with Crippen molar-refractivity contribution in [1.29, 1.82) is 0 Å². The van der Waals surface area contributed by atoms with Gasteiger partial charge in [0, 0.05) is 18.5 Å². The molecular formula is C8H5ClN4O2. The molecule has 0 saturated heterocycles. The minimum absolute atomic E-state index is 0.143. The average Bonchev–Trinajstić information content (AvgIpc) is 2.70. The zero-order valence-corrected chi connectivity index (χ0v) is 8.10. The van der Waals surface area contributed by atoms with Crippen LogP contribution in [0.4, 0.5) is 5.69 Å². The average molecular weight is 225 g/mol. The van der Waals surface area contributed by atoms with E-state index < -0.39 is 4.92 Å². The third kappa shape index (κ3) is 1.79. The fraction of sp³-hybridized carbons (Fsp3) is 0. The lowest BCUT2D eigenvalue weighted by molar-refractivity contribution is -0.385. The fourth-order valence-electron chi connectivity index (χ4n) is 1.10. The molecule has 0 fully saturated rings. The third-order valence-electron chi connectivity index (χ3n) is 1.76. The van der Waals surface area contributed by atoms with Gasteiger partial charge in [0.2, 0.25) is 0 Å². The van der Waals surface area contributed by atoms with Crippen molar-refractivity contribution in [3.05, 3.63) is 39.8 Å². The molecule has 0 saturated carbocycles. The van der Waals surface area contributed by atoms with Crippen molar-refractivity contribution in [3.8, 4) is 11.5 Å². The molecule has 0 bridgehead atoms. The number of pyridine rings is 1. The van der Waals surface area contributed by atoms with Crippen molar-refractivity contribution in [2.45, 2.75) is 0 Å². The van der Waals surface area contributed by atoms with E-state index in [0.717, 1.165) is 6.20 Å². The molecule has 0 atom stereocenters. The number of aromatic amines is 1. The smallest absolute Gasteiger partial charge is 0.289 e. The first-order chi connectivity index (χ1) is 7.18. The van der Waals surface area contributed by atoms with Gasteiger partial charge in [-0.25, -0.2) is 9.97 Å². The zero-order valence-electron chi connectivity index (χ0n) is 7.35. The number of halogens is 1. The van der Waals surface area contributed by atoms with E-state index >= 15 is 0 Å². The third-order valence-corrected chi connectivity index (χ3v) is 2.05. The summed E-state index contributed by atoms with van der Waals surface area (Å²) in [5, 5.41) is 10.6. The number of imidazole rings is 1. The van der Waals surface area contributed by atoms with Crippen molar-refractivity contribution in [2.75, 3.05) is 0 Å². The van der Waals surface area contributed by atoms with Crippen molar-refractivity contribution in [2.24, 2.45) is 0 Å².